The molecule has 2 atom stereocenters. The summed E-state index contributed by atoms with van der Waals surface area (Å²) in [7, 11) is 0. The molecule has 1 heterocycles. The van der Waals surface area contributed by atoms with Crippen LogP contribution in [0.25, 0.3) is 0 Å². The van der Waals surface area contributed by atoms with Crippen LogP contribution in [0.1, 0.15) is 38.8 Å². The van der Waals surface area contributed by atoms with Crippen LogP contribution in [0, 0.1) is 0 Å². The van der Waals surface area contributed by atoms with Crippen molar-refractivity contribution in [2.75, 3.05) is 0 Å². The molecule has 1 N–H and O–H groups in total. The highest BCUT2D eigenvalue weighted by Gasteiger charge is 2.40. The molecule has 0 aliphatic carbocycles. The van der Waals surface area contributed by atoms with Crippen LogP contribution in [0.15, 0.2) is 28.7 Å². The van der Waals surface area contributed by atoms with E-state index >= 15 is 0 Å². The maximum atomic E-state index is 12.2. The summed E-state index contributed by atoms with van der Waals surface area (Å²) in [5.74, 6) is -0.212. The van der Waals surface area contributed by atoms with Crippen LogP contribution in [-0.2, 0) is 9.59 Å². The maximum Gasteiger partial charge on any atom is 0.247 e. The minimum absolute atomic E-state index is 0.0152. The van der Waals surface area contributed by atoms with E-state index in [-0.39, 0.29) is 30.3 Å². The lowest BCUT2D eigenvalue weighted by Gasteiger charge is -2.21. The minimum atomic E-state index is -0.418. The Kier molecular flexibility index (Phi) is 4.60. The zero-order valence-electron chi connectivity index (χ0n) is 11.9. The predicted octanol–water partition coefficient (Wildman–Crippen LogP) is 2.64. The molecule has 0 saturated carbocycles. The van der Waals surface area contributed by atoms with Crippen LogP contribution in [0.2, 0.25) is 0 Å². The van der Waals surface area contributed by atoms with E-state index in [9.17, 15) is 9.59 Å². The van der Waals surface area contributed by atoms with Gasteiger partial charge in [0.2, 0.25) is 11.8 Å². The molecule has 108 valence electrons. The molecule has 20 heavy (non-hydrogen) atoms. The van der Waals surface area contributed by atoms with E-state index < -0.39 is 6.04 Å². The molecule has 2 unspecified atom stereocenters. The van der Waals surface area contributed by atoms with Crippen LogP contribution in [0.5, 0.6) is 0 Å². The fourth-order valence-electron chi connectivity index (χ4n) is 2.50. The summed E-state index contributed by atoms with van der Waals surface area (Å²) in [6, 6.07) is 7.45. The Morgan fingerprint density at radius 2 is 2.00 bits per heavy atom. The van der Waals surface area contributed by atoms with E-state index in [1.165, 1.54) is 4.90 Å². The lowest BCUT2D eigenvalue weighted by molar-refractivity contribution is -0.140. The van der Waals surface area contributed by atoms with E-state index in [1.807, 2.05) is 45.0 Å². The number of amides is 2. The van der Waals surface area contributed by atoms with Crippen molar-refractivity contribution in [3.05, 3.63) is 34.3 Å². The van der Waals surface area contributed by atoms with Gasteiger partial charge < -0.3 is 0 Å². The van der Waals surface area contributed by atoms with E-state index in [2.05, 4.69) is 21.2 Å². The predicted molar refractivity (Wildman–Crippen MR) is 81.1 cm³/mol. The second-order valence-electron chi connectivity index (χ2n) is 5.40. The number of hydrogen-bond acceptors (Lipinski definition) is 3. The van der Waals surface area contributed by atoms with E-state index in [4.69, 9.17) is 0 Å². The molecule has 0 spiro atoms. The molecule has 1 aromatic carbocycles. The first-order valence-corrected chi connectivity index (χ1v) is 7.57. The number of imide groups is 1. The number of carbonyl (C=O) groups excluding carboxylic acids is 2. The molecule has 2 amide bonds. The average molecular weight is 339 g/mol. The van der Waals surface area contributed by atoms with Crippen LogP contribution in [0.3, 0.4) is 0 Å². The van der Waals surface area contributed by atoms with Crippen molar-refractivity contribution in [2.24, 2.45) is 0 Å². The molecule has 0 bridgehead atoms. The van der Waals surface area contributed by atoms with Crippen molar-refractivity contribution >= 4 is 27.7 Å². The standard InChI is InChI=1S/C15H19BrN2O2/c1-9(2)18-14(19)8-13(15(18)20)17-10(3)11-5-4-6-12(16)7-11/h4-7,9-10,13,17H,8H2,1-3H3. The maximum absolute atomic E-state index is 12.2. The summed E-state index contributed by atoms with van der Waals surface area (Å²) in [6.45, 7) is 5.71. The summed E-state index contributed by atoms with van der Waals surface area (Å²) in [5.41, 5.74) is 1.09. The molecule has 2 rings (SSSR count). The second-order valence-corrected chi connectivity index (χ2v) is 6.31. The first-order valence-electron chi connectivity index (χ1n) is 6.77. The smallest absolute Gasteiger partial charge is 0.247 e. The first kappa shape index (κ1) is 15.2. The van der Waals surface area contributed by atoms with Crippen LogP contribution in [0.4, 0.5) is 0 Å². The van der Waals surface area contributed by atoms with Crippen molar-refractivity contribution in [3.8, 4) is 0 Å². The second kappa shape index (κ2) is 6.06. The molecule has 1 aromatic rings. The third-order valence-electron chi connectivity index (χ3n) is 3.50. The molecule has 1 saturated heterocycles. The van der Waals surface area contributed by atoms with Gasteiger partial charge in [-0.15, -0.1) is 0 Å². The van der Waals surface area contributed by atoms with E-state index in [1.54, 1.807) is 0 Å². The number of carbonyl (C=O) groups is 2. The number of nitrogens with one attached hydrogen (secondary N) is 1. The molecule has 0 aromatic heterocycles. The topological polar surface area (TPSA) is 49.4 Å². The number of hydrogen-bond donors (Lipinski definition) is 1. The van der Waals surface area contributed by atoms with Crippen molar-refractivity contribution in [2.45, 2.75) is 45.3 Å². The molecular weight excluding hydrogens is 320 g/mol. The van der Waals surface area contributed by atoms with Gasteiger partial charge >= 0.3 is 0 Å². The Labute approximate surface area is 127 Å². The summed E-state index contributed by atoms with van der Waals surface area (Å²) >= 11 is 3.44. The fraction of sp³-hybridized carbons (Fsp3) is 0.467. The molecule has 1 fully saturated rings. The Balaban J connectivity index is 2.07. The minimum Gasteiger partial charge on any atom is -0.299 e. The van der Waals surface area contributed by atoms with Crippen molar-refractivity contribution in [1.82, 2.24) is 10.2 Å². The highest BCUT2D eigenvalue weighted by Crippen LogP contribution is 2.22. The first-order chi connectivity index (χ1) is 9.40. The lowest BCUT2D eigenvalue weighted by Crippen LogP contribution is -2.42. The van der Waals surface area contributed by atoms with Gasteiger partial charge in [-0.3, -0.25) is 19.8 Å². The Morgan fingerprint density at radius 1 is 1.30 bits per heavy atom. The largest absolute Gasteiger partial charge is 0.299 e. The van der Waals surface area contributed by atoms with Crippen LogP contribution in [-0.4, -0.2) is 28.8 Å². The zero-order valence-corrected chi connectivity index (χ0v) is 13.5. The van der Waals surface area contributed by atoms with Crippen molar-refractivity contribution < 1.29 is 9.59 Å². The fourth-order valence-corrected chi connectivity index (χ4v) is 2.91. The van der Waals surface area contributed by atoms with Crippen molar-refractivity contribution in [1.29, 1.82) is 0 Å². The Hall–Kier alpha value is -1.20. The Morgan fingerprint density at radius 3 is 2.55 bits per heavy atom. The van der Waals surface area contributed by atoms with Crippen LogP contribution < -0.4 is 5.32 Å². The van der Waals surface area contributed by atoms with Gasteiger partial charge in [0.05, 0.1) is 12.5 Å². The monoisotopic (exact) mass is 338 g/mol. The summed E-state index contributed by atoms with van der Waals surface area (Å²) < 4.78 is 1.00. The summed E-state index contributed by atoms with van der Waals surface area (Å²) in [5, 5.41) is 3.25. The van der Waals surface area contributed by atoms with Gasteiger partial charge in [0.15, 0.2) is 0 Å². The normalized spacial score (nSPS) is 20.9. The molecule has 0 radical (unpaired) electrons. The van der Waals surface area contributed by atoms with E-state index in [0.717, 1.165) is 10.0 Å². The molecule has 5 heteroatoms. The highest BCUT2D eigenvalue weighted by atomic mass is 79.9. The van der Waals surface area contributed by atoms with Gasteiger partial charge in [-0.2, -0.15) is 0 Å². The van der Waals surface area contributed by atoms with Gasteiger partial charge in [-0.05, 0) is 38.5 Å². The number of rotatable bonds is 4. The zero-order chi connectivity index (χ0) is 14.9. The van der Waals surface area contributed by atoms with Gasteiger partial charge in [0.1, 0.15) is 0 Å². The van der Waals surface area contributed by atoms with Gasteiger partial charge in [-0.1, -0.05) is 28.1 Å². The highest BCUT2D eigenvalue weighted by molar-refractivity contribution is 9.10. The number of likely N-dealkylation sites (tertiary alicyclic amines) is 1. The van der Waals surface area contributed by atoms with Crippen LogP contribution >= 0.6 is 15.9 Å². The number of halogens is 1. The van der Waals surface area contributed by atoms with Gasteiger partial charge in [0.25, 0.3) is 0 Å². The SMILES string of the molecule is CC(NC1CC(=O)N(C(C)C)C1=O)c1cccc(Br)c1. The van der Waals surface area contributed by atoms with E-state index in [0.29, 0.717) is 0 Å². The molecule has 4 nitrogen and oxygen atoms in total. The molecule has 1 aliphatic rings. The van der Waals surface area contributed by atoms with Gasteiger partial charge in [0, 0.05) is 16.6 Å². The lowest BCUT2D eigenvalue weighted by atomic mass is 10.1. The summed E-state index contributed by atoms with van der Waals surface area (Å²) in [6.07, 6.45) is 0.245. The van der Waals surface area contributed by atoms with Crippen molar-refractivity contribution in [3.63, 3.8) is 0 Å². The molecule has 1 aliphatic heterocycles. The Bertz CT molecular complexity index is 530. The third kappa shape index (κ3) is 3.10. The van der Waals surface area contributed by atoms with Gasteiger partial charge in [-0.25, -0.2) is 0 Å². The average Bonchev–Trinajstić information content (AvgIpc) is 2.64. The summed E-state index contributed by atoms with van der Waals surface area (Å²) in [4.78, 5) is 25.4. The third-order valence-corrected chi connectivity index (χ3v) is 3.99. The molecular formula is C15H19BrN2O2. The number of nitrogens with zero attached hydrogens (tertiary/aromatic N) is 1. The quantitative estimate of drug-likeness (QED) is 0.858. The number of benzene rings is 1.